The second kappa shape index (κ2) is 9.56. The number of pyridine rings is 1. The molecule has 48 heavy (non-hydrogen) atoms. The largest absolute Gasteiger partial charge is 0.460 e. The number of aromatic nitrogens is 4. The van der Waals surface area contributed by atoms with E-state index in [2.05, 4.69) is 83.9 Å². The molecular weight excluding hydrogens is 592 g/mol. The molecule has 2 aliphatic carbocycles. The van der Waals surface area contributed by atoms with Crippen LogP contribution in [0.25, 0.3) is 106 Å². The van der Waals surface area contributed by atoms with Crippen LogP contribution in [0.2, 0.25) is 0 Å². The molecule has 6 heteroatoms. The Labute approximate surface area is 274 Å². The fraction of sp³-hybridized carbons (Fsp3) is 0.0476. The van der Waals surface area contributed by atoms with Crippen LogP contribution in [0.15, 0.2) is 124 Å². The molecule has 9 aromatic rings. The molecule has 0 spiro atoms. The lowest BCUT2D eigenvalue weighted by atomic mass is 9.97. The summed E-state index contributed by atoms with van der Waals surface area (Å²) in [5.41, 5.74) is 11.0. The van der Waals surface area contributed by atoms with E-state index in [1.807, 2.05) is 36.4 Å². The maximum Gasteiger partial charge on any atom is 0.227 e. The Hall–Kier alpha value is -6.40. The van der Waals surface area contributed by atoms with Crippen molar-refractivity contribution in [2.24, 2.45) is 0 Å². The molecule has 0 saturated carbocycles. The van der Waals surface area contributed by atoms with Gasteiger partial charge in [-0.2, -0.15) is 0 Å². The lowest BCUT2D eigenvalue weighted by Crippen LogP contribution is -2.01. The zero-order valence-corrected chi connectivity index (χ0v) is 25.6. The molecule has 5 aromatic carbocycles. The summed E-state index contributed by atoms with van der Waals surface area (Å²) < 4.78 is 12.5. The van der Waals surface area contributed by atoms with Crippen molar-refractivity contribution < 1.29 is 8.83 Å². The minimum atomic E-state index is 0.573. The Kier molecular flexibility index (Phi) is 5.13. The third-order valence-corrected chi connectivity index (χ3v) is 9.83. The Morgan fingerprint density at radius 2 is 1.10 bits per heavy atom. The summed E-state index contributed by atoms with van der Waals surface area (Å²) in [6.45, 7) is 0. The van der Waals surface area contributed by atoms with Gasteiger partial charge in [-0.05, 0) is 69.8 Å². The van der Waals surface area contributed by atoms with Gasteiger partial charge in [0.1, 0.15) is 16.9 Å². The molecule has 0 unspecified atom stereocenters. The van der Waals surface area contributed by atoms with Gasteiger partial charge in [0.15, 0.2) is 17.5 Å². The maximum atomic E-state index is 6.36. The quantitative estimate of drug-likeness (QED) is 0.197. The number of benzene rings is 5. The first-order valence-corrected chi connectivity index (χ1v) is 16.2. The summed E-state index contributed by atoms with van der Waals surface area (Å²) in [7, 11) is 0. The van der Waals surface area contributed by atoms with Crippen molar-refractivity contribution in [2.45, 2.75) is 12.8 Å². The molecule has 0 amide bonds. The second-order valence-electron chi connectivity index (χ2n) is 12.4. The molecule has 0 aliphatic heterocycles. The summed E-state index contributed by atoms with van der Waals surface area (Å²) in [6, 6.07) is 35.6. The lowest BCUT2D eigenvalue weighted by molar-refractivity contribution is 0.546. The number of allylic oxidation sites excluding steroid dienone is 1. The number of hydrogen-bond acceptors (Lipinski definition) is 6. The topological polar surface area (TPSA) is 77.8 Å². The fourth-order valence-electron chi connectivity index (χ4n) is 7.77. The smallest absolute Gasteiger partial charge is 0.227 e. The highest BCUT2D eigenvalue weighted by atomic mass is 16.3. The van der Waals surface area contributed by atoms with E-state index in [1.54, 1.807) is 6.20 Å². The summed E-state index contributed by atoms with van der Waals surface area (Å²) in [5.74, 6) is 2.78. The van der Waals surface area contributed by atoms with Gasteiger partial charge >= 0.3 is 0 Å². The molecule has 6 nitrogen and oxygen atoms in total. The number of rotatable bonds is 3. The van der Waals surface area contributed by atoms with Crippen molar-refractivity contribution >= 4 is 49.9 Å². The van der Waals surface area contributed by atoms with Crippen molar-refractivity contribution in [1.82, 2.24) is 19.9 Å². The van der Waals surface area contributed by atoms with E-state index < -0.39 is 0 Å². The number of nitrogens with zero attached hydrogens (tertiary/aromatic N) is 4. The zero-order valence-electron chi connectivity index (χ0n) is 25.6. The molecule has 4 aromatic heterocycles. The van der Waals surface area contributed by atoms with Gasteiger partial charge in [-0.1, -0.05) is 84.9 Å². The highest BCUT2D eigenvalue weighted by Gasteiger charge is 2.26. The molecule has 0 bridgehead atoms. The van der Waals surface area contributed by atoms with E-state index >= 15 is 0 Å². The van der Waals surface area contributed by atoms with Crippen LogP contribution >= 0.6 is 0 Å². The first-order valence-electron chi connectivity index (χ1n) is 16.2. The predicted molar refractivity (Wildman–Crippen MR) is 190 cm³/mol. The Bertz CT molecular complexity index is 2830. The maximum absolute atomic E-state index is 6.36. The van der Waals surface area contributed by atoms with Crippen LogP contribution in [0.3, 0.4) is 0 Å². The third-order valence-electron chi connectivity index (χ3n) is 9.83. The molecular formula is C42H24N4O2. The number of hydrogen-bond donors (Lipinski definition) is 0. The van der Waals surface area contributed by atoms with Gasteiger partial charge in [0, 0.05) is 51.0 Å². The highest BCUT2D eigenvalue weighted by Crippen LogP contribution is 2.49. The van der Waals surface area contributed by atoms with Crippen LogP contribution < -0.4 is 0 Å². The van der Waals surface area contributed by atoms with Crippen LogP contribution in [0.1, 0.15) is 17.7 Å². The normalized spacial score (nSPS) is 13.2. The van der Waals surface area contributed by atoms with E-state index in [0.29, 0.717) is 23.2 Å². The van der Waals surface area contributed by atoms with Crippen LogP contribution in [-0.4, -0.2) is 19.9 Å². The van der Waals surface area contributed by atoms with Gasteiger partial charge in [-0.25, -0.2) is 19.9 Å². The molecule has 4 heterocycles. The SMILES string of the molecule is C1=Cc2c(oc3cccc(-c4nc(-c5ccc6c7c(cccc57)-c5ccccc5-6)nc(-c5cccc6oc7ncccc7c56)n4)c23)CC1. The predicted octanol–water partition coefficient (Wildman–Crippen LogP) is 10.7. The molecule has 224 valence electrons. The van der Waals surface area contributed by atoms with Crippen molar-refractivity contribution in [3.63, 3.8) is 0 Å². The number of fused-ring (bicyclic) bond motifs is 9. The van der Waals surface area contributed by atoms with E-state index in [1.165, 1.54) is 27.6 Å². The lowest BCUT2D eigenvalue weighted by Gasteiger charge is -2.12. The summed E-state index contributed by atoms with van der Waals surface area (Å²) in [5, 5.41) is 5.22. The molecule has 0 atom stereocenters. The molecule has 0 N–H and O–H groups in total. The zero-order chi connectivity index (χ0) is 31.3. The van der Waals surface area contributed by atoms with Crippen molar-refractivity contribution in [2.75, 3.05) is 0 Å². The molecule has 11 rings (SSSR count). The molecule has 0 saturated heterocycles. The Balaban J connectivity index is 1.23. The van der Waals surface area contributed by atoms with Crippen LogP contribution in [-0.2, 0) is 6.42 Å². The minimum Gasteiger partial charge on any atom is -0.460 e. The fourth-order valence-corrected chi connectivity index (χ4v) is 7.77. The van der Waals surface area contributed by atoms with E-state index in [4.69, 9.17) is 23.8 Å². The van der Waals surface area contributed by atoms with Gasteiger partial charge in [-0.3, -0.25) is 0 Å². The minimum absolute atomic E-state index is 0.573. The second-order valence-corrected chi connectivity index (χ2v) is 12.4. The summed E-state index contributed by atoms with van der Waals surface area (Å²) >= 11 is 0. The van der Waals surface area contributed by atoms with Crippen molar-refractivity contribution in [1.29, 1.82) is 0 Å². The average Bonchev–Trinajstić information content (AvgIpc) is 3.82. The molecule has 0 radical (unpaired) electrons. The van der Waals surface area contributed by atoms with Crippen molar-refractivity contribution in [3.8, 4) is 56.4 Å². The van der Waals surface area contributed by atoms with Gasteiger partial charge in [0.2, 0.25) is 5.71 Å². The van der Waals surface area contributed by atoms with E-state index in [0.717, 1.165) is 73.6 Å². The average molecular weight is 617 g/mol. The summed E-state index contributed by atoms with van der Waals surface area (Å²) in [4.78, 5) is 20.2. The van der Waals surface area contributed by atoms with E-state index in [-0.39, 0.29) is 0 Å². The first-order chi connectivity index (χ1) is 23.8. The van der Waals surface area contributed by atoms with Crippen LogP contribution in [0.5, 0.6) is 0 Å². The summed E-state index contributed by atoms with van der Waals surface area (Å²) in [6.07, 6.45) is 7.97. The Morgan fingerprint density at radius 3 is 1.92 bits per heavy atom. The standard InChI is InChI=1S/C42H24N4O2/c1-2-10-24-23(9-1)25-12-5-13-26-28(21-20-27(24)36(25)26)39-44-40(30-14-6-18-34-37(30)29-11-3-4-17-33(29)47-34)46-41(45-39)31-15-7-19-35-38(31)32-16-8-22-43-42(32)48-35/h1-3,5-16,18-22H,4,17H2. The monoisotopic (exact) mass is 616 g/mol. The van der Waals surface area contributed by atoms with Gasteiger partial charge in [-0.15, -0.1) is 0 Å². The van der Waals surface area contributed by atoms with Gasteiger partial charge < -0.3 is 8.83 Å². The number of aryl methyl sites for hydroxylation is 1. The first kappa shape index (κ1) is 25.8. The van der Waals surface area contributed by atoms with Crippen LogP contribution in [0, 0.1) is 0 Å². The van der Waals surface area contributed by atoms with Gasteiger partial charge in [0.25, 0.3) is 0 Å². The highest BCUT2D eigenvalue weighted by molar-refractivity contribution is 6.18. The Morgan fingerprint density at radius 1 is 0.479 bits per heavy atom. The van der Waals surface area contributed by atoms with Gasteiger partial charge in [0.05, 0.1) is 0 Å². The number of furan rings is 2. The van der Waals surface area contributed by atoms with Crippen LogP contribution in [0.4, 0.5) is 0 Å². The third kappa shape index (κ3) is 3.51. The molecule has 0 fully saturated rings. The molecule has 2 aliphatic rings. The van der Waals surface area contributed by atoms with E-state index in [9.17, 15) is 0 Å². The van der Waals surface area contributed by atoms with Crippen molar-refractivity contribution in [3.05, 3.63) is 127 Å².